The van der Waals surface area contributed by atoms with Crippen molar-refractivity contribution in [3.63, 3.8) is 0 Å². The van der Waals surface area contributed by atoms with Crippen molar-refractivity contribution in [3.8, 4) is 5.75 Å². The molecule has 15 heavy (non-hydrogen) atoms. The second-order valence-electron chi connectivity index (χ2n) is 4.02. The van der Waals surface area contributed by atoms with E-state index in [4.69, 9.17) is 4.74 Å². The van der Waals surface area contributed by atoms with Crippen LogP contribution in [0.4, 0.5) is 0 Å². The molecule has 0 unspecified atom stereocenters. The highest BCUT2D eigenvalue weighted by Gasteiger charge is 2.19. The number of phenols is 1. The molecule has 0 atom stereocenters. The van der Waals surface area contributed by atoms with E-state index in [0.29, 0.717) is 0 Å². The van der Waals surface area contributed by atoms with E-state index in [0.717, 1.165) is 0 Å². The summed E-state index contributed by atoms with van der Waals surface area (Å²) in [5.74, 6) is -0.558. The van der Waals surface area contributed by atoms with Crippen molar-refractivity contribution < 1.29 is 14.6 Å². The number of para-hydroxylation sites is 1. The first-order valence-electron chi connectivity index (χ1n) is 4.41. The van der Waals surface area contributed by atoms with Crippen molar-refractivity contribution in [1.82, 2.24) is 0 Å². The lowest BCUT2D eigenvalue weighted by atomic mass is 10.1. The average Bonchev–Trinajstić information content (AvgIpc) is 2.01. The third-order valence-electron chi connectivity index (χ3n) is 1.52. The van der Waals surface area contributed by atoms with Crippen molar-refractivity contribution in [2.75, 3.05) is 0 Å². The van der Waals surface area contributed by atoms with Crippen LogP contribution in [0, 0.1) is 0 Å². The Morgan fingerprint density at radius 1 is 1.27 bits per heavy atom. The van der Waals surface area contributed by atoms with Crippen LogP contribution in [0.1, 0.15) is 31.1 Å². The first-order chi connectivity index (χ1) is 6.40. The smallest absolute Gasteiger partial charge is 0.342 e. The van der Waals surface area contributed by atoms with Crippen LogP contribution in [-0.2, 0) is 4.74 Å². The minimum Gasteiger partial charge on any atom is -0.507 e. The number of carbonyl (C=O) groups is 1. The number of aromatic hydroxyl groups is 1. The van der Waals surface area contributed by atoms with Gasteiger partial charge in [-0.3, -0.25) is 0 Å². The number of phenolic OH excluding ortho intramolecular Hbond substituents is 1. The van der Waals surface area contributed by atoms with Gasteiger partial charge in [-0.15, -0.1) is 0 Å². The van der Waals surface area contributed by atoms with Crippen LogP contribution in [0.3, 0.4) is 0 Å². The van der Waals surface area contributed by atoms with Gasteiger partial charge in [0.2, 0.25) is 0 Å². The molecule has 1 N–H and O–H groups in total. The minimum atomic E-state index is -0.542. The molecule has 1 rings (SSSR count). The average molecular weight is 221 g/mol. The van der Waals surface area contributed by atoms with Gasteiger partial charge in [-0.05, 0) is 32.9 Å². The third kappa shape index (κ3) is 4.37. The van der Waals surface area contributed by atoms with Gasteiger partial charge < -0.3 is 9.84 Å². The predicted octanol–water partition coefficient (Wildman–Crippen LogP) is 1.97. The van der Waals surface area contributed by atoms with Crippen LogP contribution < -0.4 is 0 Å². The van der Waals surface area contributed by atoms with Gasteiger partial charge in [-0.2, -0.15) is 0 Å². The predicted molar refractivity (Wildman–Crippen MR) is 59.0 cm³/mol. The van der Waals surface area contributed by atoms with Crippen molar-refractivity contribution in [1.29, 1.82) is 0 Å². The Morgan fingerprint density at radius 3 is 2.27 bits per heavy atom. The monoisotopic (exact) mass is 221 g/mol. The summed E-state index contributed by atoms with van der Waals surface area (Å²) in [5.41, 5.74) is -0.346. The second-order valence-corrected chi connectivity index (χ2v) is 4.02. The zero-order valence-electron chi connectivity index (χ0n) is 9.15. The topological polar surface area (TPSA) is 46.5 Å². The van der Waals surface area contributed by atoms with E-state index in [1.807, 2.05) is 0 Å². The lowest BCUT2D eigenvalue weighted by Gasteiger charge is -2.19. The fourth-order valence-electron chi connectivity index (χ4n) is 0.979. The van der Waals surface area contributed by atoms with E-state index in [9.17, 15) is 9.90 Å². The summed E-state index contributed by atoms with van der Waals surface area (Å²) in [4.78, 5) is 11.5. The fraction of sp³-hybridized carbons (Fsp3) is 0.364. The molecule has 1 aromatic carbocycles. The molecular weight excluding hydrogens is 207 g/mol. The maximum Gasteiger partial charge on any atom is 0.342 e. The van der Waals surface area contributed by atoms with E-state index >= 15 is 0 Å². The molecule has 0 aliphatic carbocycles. The Balaban J connectivity index is 0.00000196. The van der Waals surface area contributed by atoms with Crippen molar-refractivity contribution in [2.24, 2.45) is 0 Å². The first-order valence-corrected chi connectivity index (χ1v) is 4.41. The number of benzene rings is 1. The van der Waals surface area contributed by atoms with Gasteiger partial charge in [-0.25, -0.2) is 4.79 Å². The van der Waals surface area contributed by atoms with Crippen molar-refractivity contribution >= 4 is 23.3 Å². The molecule has 4 heteroatoms. The van der Waals surface area contributed by atoms with Crippen LogP contribution >= 0.6 is 0 Å². The molecule has 0 fully saturated rings. The Labute approximate surface area is 100 Å². The molecule has 79 valence electrons. The molecule has 0 bridgehead atoms. The summed E-state index contributed by atoms with van der Waals surface area (Å²) in [6.07, 6.45) is 0. The lowest BCUT2D eigenvalue weighted by molar-refractivity contribution is 0.00668. The highest BCUT2D eigenvalue weighted by Crippen LogP contribution is 2.19. The molecule has 3 radical (unpaired) electrons. The summed E-state index contributed by atoms with van der Waals surface area (Å²) in [7, 11) is 0. The van der Waals surface area contributed by atoms with Gasteiger partial charge in [0.05, 0.1) is 0 Å². The van der Waals surface area contributed by atoms with Gasteiger partial charge in [0.25, 0.3) is 0 Å². The third-order valence-corrected chi connectivity index (χ3v) is 1.52. The molecule has 0 aliphatic heterocycles. The fourth-order valence-corrected chi connectivity index (χ4v) is 0.979. The molecule has 0 spiro atoms. The van der Waals surface area contributed by atoms with Crippen molar-refractivity contribution in [3.05, 3.63) is 29.8 Å². The Morgan fingerprint density at radius 2 is 1.80 bits per heavy atom. The molecule has 0 aliphatic rings. The number of hydrogen-bond donors (Lipinski definition) is 1. The lowest BCUT2D eigenvalue weighted by Crippen LogP contribution is -2.23. The quantitative estimate of drug-likeness (QED) is 0.582. The Kier molecular flexibility index (Phi) is 4.86. The van der Waals surface area contributed by atoms with Crippen LogP contribution in [0.2, 0.25) is 0 Å². The number of esters is 1. The largest absolute Gasteiger partial charge is 0.507 e. The van der Waals surface area contributed by atoms with E-state index in [1.165, 1.54) is 12.1 Å². The summed E-state index contributed by atoms with van der Waals surface area (Å²) in [6, 6.07) is 6.32. The summed E-state index contributed by atoms with van der Waals surface area (Å²) in [5, 5.41) is 9.38. The van der Waals surface area contributed by atoms with Gasteiger partial charge in [0.15, 0.2) is 0 Å². The number of hydrogen-bond acceptors (Lipinski definition) is 3. The van der Waals surface area contributed by atoms with Gasteiger partial charge in [-0.1, -0.05) is 12.1 Å². The number of ether oxygens (including phenoxy) is 1. The van der Waals surface area contributed by atoms with Gasteiger partial charge in [0.1, 0.15) is 16.9 Å². The first kappa shape index (κ1) is 14.0. The van der Waals surface area contributed by atoms with Crippen LogP contribution in [0.5, 0.6) is 5.75 Å². The zero-order valence-corrected chi connectivity index (χ0v) is 10.3. The minimum absolute atomic E-state index is 0. The highest BCUT2D eigenvalue weighted by molar-refractivity contribution is 5.92. The zero-order chi connectivity index (χ0) is 10.8. The van der Waals surface area contributed by atoms with E-state index in [2.05, 4.69) is 0 Å². The van der Waals surface area contributed by atoms with Crippen LogP contribution in [0.25, 0.3) is 0 Å². The Hall–Kier alpha value is -0.978. The summed E-state index contributed by atoms with van der Waals surface area (Å²) >= 11 is 0. The summed E-state index contributed by atoms with van der Waals surface area (Å²) < 4.78 is 5.11. The Bertz CT molecular complexity index is 342. The molecule has 0 saturated carbocycles. The highest BCUT2D eigenvalue weighted by atomic mass is 27.0. The number of rotatable bonds is 1. The van der Waals surface area contributed by atoms with Gasteiger partial charge in [0, 0.05) is 17.4 Å². The SMILES string of the molecule is CC(C)(C)OC(=O)c1ccccc1O.[Al]. The van der Waals surface area contributed by atoms with Crippen molar-refractivity contribution in [2.45, 2.75) is 26.4 Å². The molecule has 0 saturated heterocycles. The maximum atomic E-state index is 11.5. The van der Waals surface area contributed by atoms with Crippen LogP contribution in [-0.4, -0.2) is 34.0 Å². The normalized spacial score (nSPS) is 10.3. The maximum absolute atomic E-state index is 11.5. The standard InChI is InChI=1S/C11H14O3.Al/c1-11(2,3)14-10(13)8-6-4-5-7-9(8)12;/h4-7,12H,1-3H3;. The molecule has 0 heterocycles. The summed E-state index contributed by atoms with van der Waals surface area (Å²) in [6.45, 7) is 5.35. The van der Waals surface area contributed by atoms with E-state index in [-0.39, 0.29) is 28.7 Å². The molecule has 0 aromatic heterocycles. The second kappa shape index (κ2) is 5.20. The molecule has 0 amide bonds. The van der Waals surface area contributed by atoms with E-state index in [1.54, 1.807) is 32.9 Å². The molecule has 3 nitrogen and oxygen atoms in total. The molecular formula is C11H14AlO3. The van der Waals surface area contributed by atoms with E-state index < -0.39 is 11.6 Å². The van der Waals surface area contributed by atoms with Gasteiger partial charge >= 0.3 is 5.97 Å². The van der Waals surface area contributed by atoms with Crippen LogP contribution in [0.15, 0.2) is 24.3 Å². The number of carbonyl (C=O) groups excluding carboxylic acids is 1. The molecule has 1 aromatic rings.